The number of rotatable bonds is 16. The molecule has 0 aliphatic rings. The molecule has 0 saturated heterocycles. The predicted molar refractivity (Wildman–Crippen MR) is 184 cm³/mol. The molecule has 47 heavy (non-hydrogen) atoms. The van der Waals surface area contributed by atoms with E-state index < -0.39 is 28.5 Å². The Kier molecular flexibility index (Phi) is 12.7. The van der Waals surface area contributed by atoms with E-state index in [4.69, 9.17) is 21.1 Å². The van der Waals surface area contributed by atoms with Crippen molar-refractivity contribution in [2.75, 3.05) is 31.6 Å². The van der Waals surface area contributed by atoms with Crippen LogP contribution < -0.4 is 19.1 Å². The van der Waals surface area contributed by atoms with Crippen LogP contribution in [0.2, 0.25) is 5.02 Å². The Labute approximate surface area is 282 Å². The summed E-state index contributed by atoms with van der Waals surface area (Å²) in [5.41, 5.74) is 1.73. The van der Waals surface area contributed by atoms with Crippen LogP contribution >= 0.6 is 11.6 Å². The second-order valence-corrected chi connectivity index (χ2v) is 13.2. The van der Waals surface area contributed by atoms with Gasteiger partial charge >= 0.3 is 0 Å². The highest BCUT2D eigenvalue weighted by molar-refractivity contribution is 7.92. The lowest BCUT2D eigenvalue weighted by Gasteiger charge is -2.34. The number of benzene rings is 4. The molecule has 0 aromatic heterocycles. The number of unbranched alkanes of at least 4 members (excludes halogenated alkanes) is 1. The van der Waals surface area contributed by atoms with E-state index in [0.29, 0.717) is 28.6 Å². The molecule has 2 amide bonds. The Hall–Kier alpha value is -4.54. The fourth-order valence-corrected chi connectivity index (χ4v) is 6.76. The Morgan fingerprint density at radius 3 is 2.13 bits per heavy atom. The molecule has 0 saturated carbocycles. The number of hydrogen-bond acceptors (Lipinski definition) is 6. The van der Waals surface area contributed by atoms with E-state index in [9.17, 15) is 18.0 Å². The first-order chi connectivity index (χ1) is 22.7. The molecule has 0 fully saturated rings. The minimum atomic E-state index is -4.26. The van der Waals surface area contributed by atoms with Gasteiger partial charge in [-0.3, -0.25) is 13.9 Å². The lowest BCUT2D eigenvalue weighted by Crippen LogP contribution is -2.53. The van der Waals surface area contributed by atoms with Crippen LogP contribution in [0.1, 0.15) is 30.9 Å². The van der Waals surface area contributed by atoms with Crippen LogP contribution in [-0.4, -0.2) is 58.5 Å². The van der Waals surface area contributed by atoms with E-state index in [1.54, 1.807) is 48.5 Å². The molecule has 1 unspecified atom stereocenters. The molecular formula is C36H40ClN3O6S. The second kappa shape index (κ2) is 16.9. The van der Waals surface area contributed by atoms with Crippen molar-refractivity contribution in [2.45, 2.75) is 43.7 Å². The topological polar surface area (TPSA) is 105 Å². The van der Waals surface area contributed by atoms with Gasteiger partial charge in [-0.1, -0.05) is 85.6 Å². The highest BCUT2D eigenvalue weighted by Gasteiger charge is 2.35. The SMILES string of the molecule is CCCCNC(=O)C(Cc1ccccc1)N(Cc1cccc(Cl)c1)C(=O)CN(c1ccc(OC)c(OC)c1)S(=O)(=O)c1ccccc1. The van der Waals surface area contributed by atoms with Crippen molar-refractivity contribution in [3.63, 3.8) is 0 Å². The van der Waals surface area contributed by atoms with E-state index in [2.05, 4.69) is 5.32 Å². The van der Waals surface area contributed by atoms with Crippen LogP contribution in [0.5, 0.6) is 11.5 Å². The van der Waals surface area contributed by atoms with E-state index in [1.165, 1.54) is 37.3 Å². The monoisotopic (exact) mass is 677 g/mol. The summed E-state index contributed by atoms with van der Waals surface area (Å²) in [5.74, 6) is -0.222. The Morgan fingerprint density at radius 2 is 1.49 bits per heavy atom. The third-order valence-corrected chi connectivity index (χ3v) is 9.63. The number of sulfonamides is 1. The molecule has 0 radical (unpaired) electrons. The maximum atomic E-state index is 14.6. The van der Waals surface area contributed by atoms with Crippen LogP contribution in [0.3, 0.4) is 0 Å². The molecule has 4 aromatic rings. The number of nitrogens with one attached hydrogen (secondary N) is 1. The van der Waals surface area contributed by atoms with Crippen molar-refractivity contribution in [1.82, 2.24) is 10.2 Å². The van der Waals surface area contributed by atoms with Crippen LogP contribution in [0.15, 0.2) is 108 Å². The van der Waals surface area contributed by atoms with Gasteiger partial charge in [0.1, 0.15) is 12.6 Å². The summed E-state index contributed by atoms with van der Waals surface area (Å²) >= 11 is 6.32. The van der Waals surface area contributed by atoms with Crippen molar-refractivity contribution in [2.24, 2.45) is 0 Å². The number of carbonyl (C=O) groups excluding carboxylic acids is 2. The summed E-state index contributed by atoms with van der Waals surface area (Å²) in [5, 5.41) is 3.46. The van der Waals surface area contributed by atoms with E-state index in [0.717, 1.165) is 22.7 Å². The Bertz CT molecular complexity index is 1740. The molecule has 0 bridgehead atoms. The highest BCUT2D eigenvalue weighted by Crippen LogP contribution is 2.34. The molecule has 0 heterocycles. The summed E-state index contributed by atoms with van der Waals surface area (Å²) < 4.78 is 40.3. The lowest BCUT2D eigenvalue weighted by atomic mass is 10.0. The molecule has 248 valence electrons. The minimum absolute atomic E-state index is 0.00196. The van der Waals surface area contributed by atoms with Gasteiger partial charge in [-0.25, -0.2) is 8.42 Å². The molecule has 4 aromatic carbocycles. The van der Waals surface area contributed by atoms with Gasteiger partial charge in [0.05, 0.1) is 24.8 Å². The highest BCUT2D eigenvalue weighted by atomic mass is 35.5. The van der Waals surface area contributed by atoms with Gasteiger partial charge in [-0.05, 0) is 53.9 Å². The number of halogens is 1. The van der Waals surface area contributed by atoms with Gasteiger partial charge in [-0.15, -0.1) is 0 Å². The fourth-order valence-electron chi connectivity index (χ4n) is 5.12. The van der Waals surface area contributed by atoms with Crippen molar-refractivity contribution >= 4 is 39.1 Å². The summed E-state index contributed by atoms with van der Waals surface area (Å²) in [7, 11) is -1.34. The molecule has 0 aliphatic carbocycles. The molecule has 4 rings (SSSR count). The average Bonchev–Trinajstić information content (AvgIpc) is 3.09. The Morgan fingerprint density at radius 1 is 0.830 bits per heavy atom. The zero-order valence-corrected chi connectivity index (χ0v) is 28.3. The molecule has 9 nitrogen and oxygen atoms in total. The minimum Gasteiger partial charge on any atom is -0.493 e. The first-order valence-corrected chi connectivity index (χ1v) is 17.1. The van der Waals surface area contributed by atoms with Crippen molar-refractivity contribution in [3.8, 4) is 11.5 Å². The van der Waals surface area contributed by atoms with Gasteiger partial charge < -0.3 is 19.7 Å². The van der Waals surface area contributed by atoms with Gasteiger partial charge in [0.25, 0.3) is 10.0 Å². The van der Waals surface area contributed by atoms with Crippen molar-refractivity contribution in [1.29, 1.82) is 0 Å². The van der Waals surface area contributed by atoms with Gasteiger partial charge in [-0.2, -0.15) is 0 Å². The summed E-state index contributed by atoms with van der Waals surface area (Å²) in [6.45, 7) is 1.89. The van der Waals surface area contributed by atoms with Crippen LogP contribution in [-0.2, 0) is 32.6 Å². The number of nitrogens with zero attached hydrogens (tertiary/aromatic N) is 2. The maximum absolute atomic E-state index is 14.6. The molecule has 1 atom stereocenters. The quantitative estimate of drug-likeness (QED) is 0.144. The van der Waals surface area contributed by atoms with E-state index in [1.807, 2.05) is 43.3 Å². The summed E-state index contributed by atoms with van der Waals surface area (Å²) in [6.07, 6.45) is 1.87. The first kappa shape index (κ1) is 35.3. The average molecular weight is 678 g/mol. The van der Waals surface area contributed by atoms with Crippen LogP contribution in [0.25, 0.3) is 0 Å². The van der Waals surface area contributed by atoms with Gasteiger partial charge in [0.2, 0.25) is 11.8 Å². The van der Waals surface area contributed by atoms with Crippen LogP contribution in [0.4, 0.5) is 5.69 Å². The Balaban J connectivity index is 1.82. The summed E-state index contributed by atoms with van der Waals surface area (Å²) in [4.78, 5) is 29.9. The lowest BCUT2D eigenvalue weighted by molar-refractivity contribution is -0.140. The number of hydrogen-bond donors (Lipinski definition) is 1. The van der Waals surface area contributed by atoms with Gasteiger partial charge in [0, 0.05) is 30.6 Å². The number of anilines is 1. The third kappa shape index (κ3) is 9.27. The number of ether oxygens (including phenoxy) is 2. The van der Waals surface area contributed by atoms with E-state index in [-0.39, 0.29) is 29.5 Å². The van der Waals surface area contributed by atoms with Crippen molar-refractivity contribution < 1.29 is 27.5 Å². The standard InChI is InChI=1S/C36H40ClN3O6S/c1-4-5-21-38-36(42)32(23-27-13-8-6-9-14-27)39(25-28-15-12-16-29(37)22-28)35(41)26-40(47(43,44)31-17-10-7-11-18-31)30-19-20-33(45-2)34(24-30)46-3/h6-20,22,24,32H,4-5,21,23,25-26H2,1-3H3,(H,38,42). The first-order valence-electron chi connectivity index (χ1n) is 15.3. The number of amides is 2. The maximum Gasteiger partial charge on any atom is 0.264 e. The molecule has 1 N–H and O–H groups in total. The molecule has 11 heteroatoms. The zero-order chi connectivity index (χ0) is 33.8. The third-order valence-electron chi connectivity index (χ3n) is 7.61. The van der Waals surface area contributed by atoms with Gasteiger partial charge in [0.15, 0.2) is 11.5 Å². The molecular weight excluding hydrogens is 638 g/mol. The largest absolute Gasteiger partial charge is 0.493 e. The number of methoxy groups -OCH3 is 2. The van der Waals surface area contributed by atoms with Crippen molar-refractivity contribution in [3.05, 3.63) is 119 Å². The fraction of sp³-hybridized carbons (Fsp3) is 0.278. The normalized spacial score (nSPS) is 11.7. The van der Waals surface area contributed by atoms with Crippen LogP contribution in [0, 0.1) is 0 Å². The number of carbonyl (C=O) groups is 2. The predicted octanol–water partition coefficient (Wildman–Crippen LogP) is 6.11. The zero-order valence-electron chi connectivity index (χ0n) is 26.8. The second-order valence-electron chi connectivity index (χ2n) is 10.9. The molecule has 0 spiro atoms. The summed E-state index contributed by atoms with van der Waals surface area (Å²) in [6, 6.07) is 28.0. The smallest absolute Gasteiger partial charge is 0.264 e. The van der Waals surface area contributed by atoms with E-state index >= 15 is 0 Å². The molecule has 0 aliphatic heterocycles.